The number of aromatic nitrogens is 4. The Bertz CT molecular complexity index is 594. The van der Waals surface area contributed by atoms with E-state index in [-0.39, 0.29) is 11.3 Å². The average molecular weight is 280 g/mol. The number of imidazole rings is 1. The van der Waals surface area contributed by atoms with E-state index in [0.717, 1.165) is 22.7 Å². The van der Waals surface area contributed by atoms with Crippen LogP contribution in [0.2, 0.25) is 0 Å². The number of hydrogen-bond acceptors (Lipinski definition) is 6. The predicted octanol–water partition coefficient (Wildman–Crippen LogP) is 1.61. The van der Waals surface area contributed by atoms with E-state index in [1.165, 1.54) is 6.33 Å². The van der Waals surface area contributed by atoms with Gasteiger partial charge in [0.15, 0.2) is 5.65 Å². The maximum absolute atomic E-state index is 8.72. The number of rotatable bonds is 5. The van der Waals surface area contributed by atoms with Crippen molar-refractivity contribution in [2.45, 2.75) is 25.3 Å². The molecule has 4 N–H and O–H groups in total. The van der Waals surface area contributed by atoms with Crippen molar-refractivity contribution in [2.75, 3.05) is 5.75 Å². The van der Waals surface area contributed by atoms with Crippen LogP contribution in [-0.4, -0.2) is 36.7 Å². The number of nitrogens with one attached hydrogen (secondary N) is 1. The topological polar surface area (TPSA) is 113 Å². The van der Waals surface area contributed by atoms with Crippen LogP contribution in [0.15, 0.2) is 22.8 Å². The van der Waals surface area contributed by atoms with Gasteiger partial charge in [-0.15, -0.1) is 11.8 Å². The van der Waals surface area contributed by atoms with Crippen LogP contribution in [0.1, 0.15) is 20.3 Å². The Labute approximate surface area is 114 Å². The molecule has 2 heterocycles. The van der Waals surface area contributed by atoms with E-state index >= 15 is 0 Å². The third-order valence-corrected chi connectivity index (χ3v) is 3.95. The first-order chi connectivity index (χ1) is 9.04. The number of amidine groups is 1. The lowest BCUT2D eigenvalue weighted by molar-refractivity contribution is 0.307. The van der Waals surface area contributed by atoms with Crippen molar-refractivity contribution >= 4 is 28.8 Å². The highest BCUT2D eigenvalue weighted by atomic mass is 32.2. The van der Waals surface area contributed by atoms with Crippen LogP contribution in [0.25, 0.3) is 11.2 Å². The Morgan fingerprint density at radius 2 is 2.26 bits per heavy atom. The van der Waals surface area contributed by atoms with Crippen molar-refractivity contribution in [3.63, 3.8) is 0 Å². The Balaban J connectivity index is 2.02. The fraction of sp³-hybridized carbons (Fsp3) is 0.455. The molecule has 7 nitrogen and oxygen atoms in total. The lowest BCUT2D eigenvalue weighted by atomic mass is 9.89. The molecule has 0 amide bonds. The number of fused-ring (bicyclic) bond motifs is 1. The quantitative estimate of drug-likeness (QED) is 0.191. The summed E-state index contributed by atoms with van der Waals surface area (Å²) in [6.45, 7) is 3.88. The monoisotopic (exact) mass is 280 g/mol. The number of nitrogens with two attached hydrogens (primary N) is 1. The van der Waals surface area contributed by atoms with E-state index in [0.29, 0.717) is 5.65 Å². The third kappa shape index (κ3) is 2.95. The van der Waals surface area contributed by atoms with Gasteiger partial charge in [0.1, 0.15) is 22.7 Å². The lowest BCUT2D eigenvalue weighted by Gasteiger charge is -2.22. The molecule has 2 rings (SSSR count). The summed E-state index contributed by atoms with van der Waals surface area (Å²) >= 11 is 1.59. The maximum atomic E-state index is 8.72. The number of H-pyrrole nitrogens is 1. The first kappa shape index (κ1) is 13.6. The normalized spacial score (nSPS) is 13.1. The molecular formula is C11H16N6OS. The summed E-state index contributed by atoms with van der Waals surface area (Å²) in [5, 5.41) is 12.7. The molecule has 0 saturated heterocycles. The number of thioether (sulfide) groups is 1. The van der Waals surface area contributed by atoms with E-state index in [9.17, 15) is 0 Å². The molecule has 0 aliphatic rings. The van der Waals surface area contributed by atoms with Gasteiger partial charge in [-0.05, 0) is 6.42 Å². The van der Waals surface area contributed by atoms with E-state index in [2.05, 4.69) is 25.1 Å². The minimum Gasteiger partial charge on any atom is -0.409 e. The van der Waals surface area contributed by atoms with Crippen LogP contribution >= 0.6 is 11.8 Å². The maximum Gasteiger partial charge on any atom is 0.181 e. The molecule has 0 aliphatic heterocycles. The van der Waals surface area contributed by atoms with Gasteiger partial charge in [-0.1, -0.05) is 19.0 Å². The Morgan fingerprint density at radius 1 is 1.47 bits per heavy atom. The molecule has 0 atom stereocenters. The number of hydrogen-bond donors (Lipinski definition) is 3. The van der Waals surface area contributed by atoms with Gasteiger partial charge in [-0.3, -0.25) is 0 Å². The zero-order chi connectivity index (χ0) is 13.9. The van der Waals surface area contributed by atoms with Gasteiger partial charge in [0.2, 0.25) is 0 Å². The molecule has 0 aliphatic carbocycles. The van der Waals surface area contributed by atoms with Crippen molar-refractivity contribution in [1.29, 1.82) is 0 Å². The summed E-state index contributed by atoms with van der Waals surface area (Å²) < 4.78 is 0. The van der Waals surface area contributed by atoms with Crippen molar-refractivity contribution in [1.82, 2.24) is 19.9 Å². The molecular weight excluding hydrogens is 264 g/mol. The second-order valence-electron chi connectivity index (χ2n) is 4.75. The Morgan fingerprint density at radius 3 is 3.00 bits per heavy atom. The van der Waals surface area contributed by atoms with Gasteiger partial charge in [0, 0.05) is 11.2 Å². The highest BCUT2D eigenvalue weighted by molar-refractivity contribution is 7.99. The van der Waals surface area contributed by atoms with Gasteiger partial charge < -0.3 is 15.9 Å². The summed E-state index contributed by atoms with van der Waals surface area (Å²) in [6, 6.07) is 0. The summed E-state index contributed by atoms with van der Waals surface area (Å²) in [7, 11) is 0. The van der Waals surface area contributed by atoms with Crippen LogP contribution in [-0.2, 0) is 0 Å². The van der Waals surface area contributed by atoms with Crippen LogP contribution in [0, 0.1) is 5.41 Å². The summed E-state index contributed by atoms with van der Waals surface area (Å²) in [5.41, 5.74) is 6.81. The highest BCUT2D eigenvalue weighted by Gasteiger charge is 2.23. The third-order valence-electron chi connectivity index (χ3n) is 2.96. The van der Waals surface area contributed by atoms with Gasteiger partial charge in [0.25, 0.3) is 0 Å². The van der Waals surface area contributed by atoms with Gasteiger partial charge in [0.05, 0.1) is 6.33 Å². The number of nitrogens with zero attached hydrogens (tertiary/aromatic N) is 4. The Kier molecular flexibility index (Phi) is 3.89. The molecule has 0 bridgehead atoms. The lowest BCUT2D eigenvalue weighted by Crippen LogP contribution is -2.32. The van der Waals surface area contributed by atoms with Crippen molar-refractivity contribution in [2.24, 2.45) is 16.3 Å². The molecule has 0 saturated carbocycles. The zero-order valence-electron chi connectivity index (χ0n) is 10.8. The van der Waals surface area contributed by atoms with E-state index in [4.69, 9.17) is 10.9 Å². The largest absolute Gasteiger partial charge is 0.409 e. The van der Waals surface area contributed by atoms with Gasteiger partial charge in [-0.2, -0.15) is 0 Å². The minimum atomic E-state index is -0.345. The average Bonchev–Trinajstić information content (AvgIpc) is 2.86. The Hall–Kier alpha value is -1.83. The fourth-order valence-electron chi connectivity index (χ4n) is 1.52. The van der Waals surface area contributed by atoms with Gasteiger partial charge in [-0.25, -0.2) is 15.0 Å². The van der Waals surface area contributed by atoms with Gasteiger partial charge >= 0.3 is 0 Å². The molecule has 0 radical (unpaired) electrons. The first-order valence-electron chi connectivity index (χ1n) is 5.79. The van der Waals surface area contributed by atoms with Crippen molar-refractivity contribution in [3.05, 3.63) is 12.7 Å². The molecule has 2 aromatic rings. The standard InChI is InChI=1S/C11H16N6OS/c1-11(2,10(12)17-18)3-4-19-9-7-8(14-5-13-7)15-6-16-9/h5-6,18H,3-4H2,1-2H3,(H2,12,17)(H,13,14,15,16). The molecule has 2 aromatic heterocycles. The first-order valence-corrected chi connectivity index (χ1v) is 6.78. The number of aromatic amines is 1. The predicted molar refractivity (Wildman–Crippen MR) is 74.2 cm³/mol. The van der Waals surface area contributed by atoms with Crippen LogP contribution in [0.4, 0.5) is 0 Å². The molecule has 0 aromatic carbocycles. The summed E-state index contributed by atoms with van der Waals surface area (Å²) in [4.78, 5) is 15.4. The fourth-order valence-corrected chi connectivity index (χ4v) is 2.74. The SMILES string of the molecule is CC(C)(CCSc1ncnc2nc[nH]c12)C(N)=NO. The molecule has 19 heavy (non-hydrogen) atoms. The molecule has 0 unspecified atom stereocenters. The van der Waals surface area contributed by atoms with E-state index in [1.807, 2.05) is 13.8 Å². The molecule has 0 fully saturated rings. The smallest absolute Gasteiger partial charge is 0.181 e. The zero-order valence-corrected chi connectivity index (χ0v) is 11.6. The molecule has 8 heteroatoms. The van der Waals surface area contributed by atoms with E-state index in [1.54, 1.807) is 18.1 Å². The van der Waals surface area contributed by atoms with Crippen LogP contribution in [0.5, 0.6) is 0 Å². The van der Waals surface area contributed by atoms with Crippen molar-refractivity contribution in [3.8, 4) is 0 Å². The van der Waals surface area contributed by atoms with E-state index < -0.39 is 0 Å². The number of oxime groups is 1. The van der Waals surface area contributed by atoms with Crippen LogP contribution in [0.3, 0.4) is 0 Å². The molecule has 0 spiro atoms. The second-order valence-corrected chi connectivity index (χ2v) is 5.83. The summed E-state index contributed by atoms with van der Waals surface area (Å²) in [5.74, 6) is 1.04. The van der Waals surface area contributed by atoms with Crippen molar-refractivity contribution < 1.29 is 5.21 Å². The van der Waals surface area contributed by atoms with Crippen LogP contribution < -0.4 is 5.73 Å². The molecule has 102 valence electrons. The second kappa shape index (κ2) is 5.43. The highest BCUT2D eigenvalue weighted by Crippen LogP contribution is 2.28. The summed E-state index contributed by atoms with van der Waals surface area (Å²) in [6.07, 6.45) is 3.87. The minimum absolute atomic E-state index is 0.238.